The summed E-state index contributed by atoms with van der Waals surface area (Å²) in [5.41, 5.74) is 0.778. The zero-order valence-electron chi connectivity index (χ0n) is 14.0. The molecule has 1 N–H and O–H groups in total. The van der Waals surface area contributed by atoms with Crippen molar-refractivity contribution in [2.75, 3.05) is 19.6 Å². The lowest BCUT2D eigenvalue weighted by Crippen LogP contribution is -2.36. The lowest BCUT2D eigenvalue weighted by molar-refractivity contribution is -0.133. The average molecular weight is 320 g/mol. The van der Waals surface area contributed by atoms with Gasteiger partial charge >= 0.3 is 0 Å². The Bertz CT molecular complexity index is 574. The van der Waals surface area contributed by atoms with Crippen LogP contribution in [0.2, 0.25) is 0 Å². The highest BCUT2D eigenvalue weighted by atomic mass is 19.1. The van der Waals surface area contributed by atoms with E-state index in [0.717, 1.165) is 12.0 Å². The highest BCUT2D eigenvalue weighted by Crippen LogP contribution is 2.34. The molecular weight excluding hydrogens is 295 g/mol. The van der Waals surface area contributed by atoms with Gasteiger partial charge in [0.15, 0.2) is 0 Å². The molecular formula is C18H25FN2O2. The Morgan fingerprint density at radius 2 is 2.09 bits per heavy atom. The summed E-state index contributed by atoms with van der Waals surface area (Å²) in [6.07, 6.45) is 0.859. The number of carbonyl (C=O) groups excluding carboxylic acids is 2. The minimum atomic E-state index is -0.328. The van der Waals surface area contributed by atoms with Crippen LogP contribution in [0, 0.1) is 17.7 Å². The smallest absolute Gasteiger partial charge is 0.225 e. The van der Waals surface area contributed by atoms with Gasteiger partial charge in [0.05, 0.1) is 5.92 Å². The van der Waals surface area contributed by atoms with Crippen molar-refractivity contribution < 1.29 is 14.0 Å². The zero-order valence-corrected chi connectivity index (χ0v) is 14.0. The summed E-state index contributed by atoms with van der Waals surface area (Å²) in [5, 5.41) is 2.91. The topological polar surface area (TPSA) is 49.4 Å². The molecule has 1 saturated heterocycles. The van der Waals surface area contributed by atoms with Crippen LogP contribution in [0.5, 0.6) is 0 Å². The van der Waals surface area contributed by atoms with Gasteiger partial charge in [-0.1, -0.05) is 32.9 Å². The molecule has 1 aromatic carbocycles. The molecule has 1 aliphatic rings. The standard InChI is InChI=1S/C18H25FN2O2/c1-4-8-20-17(22)16-11-21(18(23)12(2)3)10-15(16)13-6-5-7-14(19)9-13/h5-7,9,12,15-16H,4,8,10-11H2,1-3H3,(H,20,22)/t15-,16+/m1/s1. The molecule has 5 heteroatoms. The number of amides is 2. The van der Waals surface area contributed by atoms with E-state index in [2.05, 4.69) is 5.32 Å². The summed E-state index contributed by atoms with van der Waals surface area (Å²) >= 11 is 0. The molecule has 1 aromatic rings. The first kappa shape index (κ1) is 17.4. The third-order valence-electron chi connectivity index (χ3n) is 4.29. The fourth-order valence-electron chi connectivity index (χ4n) is 3.07. The monoisotopic (exact) mass is 320 g/mol. The molecule has 0 spiro atoms. The molecule has 1 heterocycles. The lowest BCUT2D eigenvalue weighted by atomic mass is 9.88. The molecule has 0 radical (unpaired) electrons. The third-order valence-corrected chi connectivity index (χ3v) is 4.29. The molecule has 126 valence electrons. The van der Waals surface area contributed by atoms with Crippen LogP contribution in [-0.2, 0) is 9.59 Å². The van der Waals surface area contributed by atoms with Gasteiger partial charge in [0.25, 0.3) is 0 Å². The number of hydrogen-bond donors (Lipinski definition) is 1. The van der Waals surface area contributed by atoms with Crippen LogP contribution >= 0.6 is 0 Å². The fourth-order valence-corrected chi connectivity index (χ4v) is 3.07. The predicted molar refractivity (Wildman–Crippen MR) is 87.3 cm³/mol. The normalized spacial score (nSPS) is 20.8. The van der Waals surface area contributed by atoms with Gasteiger partial charge in [0.2, 0.25) is 11.8 Å². The second-order valence-corrected chi connectivity index (χ2v) is 6.46. The third kappa shape index (κ3) is 4.09. The molecule has 0 bridgehead atoms. The van der Waals surface area contributed by atoms with E-state index < -0.39 is 0 Å². The van der Waals surface area contributed by atoms with Crippen molar-refractivity contribution in [3.63, 3.8) is 0 Å². The highest BCUT2D eigenvalue weighted by Gasteiger charge is 2.40. The van der Waals surface area contributed by atoms with E-state index in [0.29, 0.717) is 19.6 Å². The Labute approximate surface area is 137 Å². The maximum Gasteiger partial charge on any atom is 0.225 e. The maximum atomic E-state index is 13.6. The SMILES string of the molecule is CCCNC(=O)[C@H]1CN(C(=O)C(C)C)C[C@@H]1c1cccc(F)c1. The van der Waals surface area contributed by atoms with Gasteiger partial charge in [-0.25, -0.2) is 4.39 Å². The van der Waals surface area contributed by atoms with Gasteiger partial charge in [-0.15, -0.1) is 0 Å². The zero-order chi connectivity index (χ0) is 17.0. The van der Waals surface area contributed by atoms with Gasteiger partial charge in [-0.3, -0.25) is 9.59 Å². The molecule has 2 rings (SSSR count). The molecule has 0 aliphatic carbocycles. The van der Waals surface area contributed by atoms with Crippen molar-refractivity contribution in [3.05, 3.63) is 35.6 Å². The summed E-state index contributed by atoms with van der Waals surface area (Å²) in [4.78, 5) is 26.5. The Morgan fingerprint density at radius 3 is 2.70 bits per heavy atom. The Hall–Kier alpha value is -1.91. The lowest BCUT2D eigenvalue weighted by Gasteiger charge is -2.18. The summed E-state index contributed by atoms with van der Waals surface area (Å²) in [6, 6.07) is 6.34. The second kappa shape index (κ2) is 7.57. The number of nitrogens with one attached hydrogen (secondary N) is 1. The summed E-state index contributed by atoms with van der Waals surface area (Å²) in [6.45, 7) is 7.17. The number of benzene rings is 1. The first-order valence-corrected chi connectivity index (χ1v) is 8.26. The number of carbonyl (C=O) groups is 2. The molecule has 4 nitrogen and oxygen atoms in total. The van der Waals surface area contributed by atoms with E-state index in [1.165, 1.54) is 12.1 Å². The Kier molecular flexibility index (Phi) is 5.74. The number of halogens is 1. The Morgan fingerprint density at radius 1 is 1.35 bits per heavy atom. The highest BCUT2D eigenvalue weighted by molar-refractivity contribution is 5.84. The van der Waals surface area contributed by atoms with Crippen LogP contribution in [0.1, 0.15) is 38.7 Å². The van der Waals surface area contributed by atoms with Crippen molar-refractivity contribution in [1.29, 1.82) is 0 Å². The first-order chi connectivity index (χ1) is 10.9. The number of hydrogen-bond acceptors (Lipinski definition) is 2. The predicted octanol–water partition coefficient (Wildman–Crippen LogP) is 2.55. The van der Waals surface area contributed by atoms with Gasteiger partial charge in [-0.2, -0.15) is 0 Å². The van der Waals surface area contributed by atoms with Crippen LogP contribution in [-0.4, -0.2) is 36.3 Å². The van der Waals surface area contributed by atoms with Crippen molar-refractivity contribution in [2.45, 2.75) is 33.1 Å². The van der Waals surface area contributed by atoms with E-state index >= 15 is 0 Å². The maximum absolute atomic E-state index is 13.6. The van der Waals surface area contributed by atoms with Crippen LogP contribution in [0.25, 0.3) is 0 Å². The summed E-state index contributed by atoms with van der Waals surface area (Å²) in [5.74, 6) is -0.932. The number of nitrogens with zero attached hydrogens (tertiary/aromatic N) is 1. The van der Waals surface area contributed by atoms with Gasteiger partial charge < -0.3 is 10.2 Å². The van der Waals surface area contributed by atoms with E-state index in [-0.39, 0.29) is 35.4 Å². The van der Waals surface area contributed by atoms with Crippen molar-refractivity contribution in [3.8, 4) is 0 Å². The molecule has 2 atom stereocenters. The molecule has 0 unspecified atom stereocenters. The van der Waals surface area contributed by atoms with E-state index in [1.54, 1.807) is 11.0 Å². The van der Waals surface area contributed by atoms with Gasteiger partial charge in [-0.05, 0) is 24.1 Å². The molecule has 0 aromatic heterocycles. The van der Waals surface area contributed by atoms with Crippen molar-refractivity contribution in [1.82, 2.24) is 10.2 Å². The van der Waals surface area contributed by atoms with Crippen molar-refractivity contribution >= 4 is 11.8 Å². The van der Waals surface area contributed by atoms with Crippen LogP contribution in [0.3, 0.4) is 0 Å². The number of rotatable bonds is 5. The van der Waals surface area contributed by atoms with Gasteiger partial charge in [0, 0.05) is 31.5 Å². The molecule has 23 heavy (non-hydrogen) atoms. The summed E-state index contributed by atoms with van der Waals surface area (Å²) in [7, 11) is 0. The van der Waals surface area contributed by atoms with E-state index in [9.17, 15) is 14.0 Å². The van der Waals surface area contributed by atoms with E-state index in [4.69, 9.17) is 0 Å². The molecule has 1 aliphatic heterocycles. The van der Waals surface area contributed by atoms with Crippen LogP contribution < -0.4 is 5.32 Å². The largest absolute Gasteiger partial charge is 0.356 e. The molecule has 0 saturated carbocycles. The number of likely N-dealkylation sites (tertiary alicyclic amines) is 1. The van der Waals surface area contributed by atoms with Crippen LogP contribution in [0.4, 0.5) is 4.39 Å². The quantitative estimate of drug-likeness (QED) is 0.906. The van der Waals surface area contributed by atoms with E-state index in [1.807, 2.05) is 26.8 Å². The van der Waals surface area contributed by atoms with Crippen LogP contribution in [0.15, 0.2) is 24.3 Å². The summed E-state index contributed by atoms with van der Waals surface area (Å²) < 4.78 is 13.6. The molecule has 2 amide bonds. The fraction of sp³-hybridized carbons (Fsp3) is 0.556. The van der Waals surface area contributed by atoms with Gasteiger partial charge in [0.1, 0.15) is 5.82 Å². The second-order valence-electron chi connectivity index (χ2n) is 6.46. The Balaban J connectivity index is 2.24. The van der Waals surface area contributed by atoms with Crippen molar-refractivity contribution in [2.24, 2.45) is 11.8 Å². The molecule has 1 fully saturated rings. The minimum absolute atomic E-state index is 0.0391. The minimum Gasteiger partial charge on any atom is -0.356 e. The first-order valence-electron chi connectivity index (χ1n) is 8.26. The average Bonchev–Trinajstić information content (AvgIpc) is 2.97.